The third-order valence-electron chi connectivity index (χ3n) is 3.00. The quantitative estimate of drug-likeness (QED) is 0.895. The highest BCUT2D eigenvalue weighted by Gasteiger charge is 2.02. The van der Waals surface area contributed by atoms with Gasteiger partial charge in [-0.25, -0.2) is 0 Å². The molecule has 2 aromatic carbocycles. The molecule has 2 nitrogen and oxygen atoms in total. The number of nitrogens with one attached hydrogen (secondary N) is 1. The van der Waals surface area contributed by atoms with Crippen LogP contribution < -0.4 is 5.32 Å². The van der Waals surface area contributed by atoms with Crippen molar-refractivity contribution in [2.75, 3.05) is 5.32 Å². The molecular formula is C16H15ClN2. The molecule has 0 saturated carbocycles. The van der Waals surface area contributed by atoms with Crippen LogP contribution in [0.1, 0.15) is 23.6 Å². The Bertz CT molecular complexity index is 614. The predicted octanol–water partition coefficient (Wildman–Crippen LogP) is 4.39. The van der Waals surface area contributed by atoms with Crippen LogP contribution in [-0.4, -0.2) is 0 Å². The fourth-order valence-corrected chi connectivity index (χ4v) is 2.11. The van der Waals surface area contributed by atoms with Crippen LogP contribution in [0.25, 0.3) is 0 Å². The van der Waals surface area contributed by atoms with Crippen molar-refractivity contribution < 1.29 is 0 Å². The predicted molar refractivity (Wildman–Crippen MR) is 79.3 cm³/mol. The number of benzene rings is 2. The van der Waals surface area contributed by atoms with Gasteiger partial charge in [-0.1, -0.05) is 36.7 Å². The van der Waals surface area contributed by atoms with E-state index in [9.17, 15) is 0 Å². The smallest absolute Gasteiger partial charge is 0.0992 e. The van der Waals surface area contributed by atoms with Crippen LogP contribution in [0.2, 0.25) is 5.02 Å². The Hall–Kier alpha value is -1.98. The molecule has 0 aliphatic rings. The second-order valence-corrected chi connectivity index (χ2v) is 4.73. The average molecular weight is 271 g/mol. The summed E-state index contributed by atoms with van der Waals surface area (Å²) in [4.78, 5) is 0. The molecule has 0 fully saturated rings. The molecule has 0 unspecified atom stereocenters. The lowest BCUT2D eigenvalue weighted by Gasteiger charge is -2.09. The summed E-state index contributed by atoms with van der Waals surface area (Å²) in [7, 11) is 0. The van der Waals surface area contributed by atoms with Gasteiger partial charge in [0.05, 0.1) is 11.6 Å². The monoisotopic (exact) mass is 270 g/mol. The molecule has 0 aliphatic heterocycles. The summed E-state index contributed by atoms with van der Waals surface area (Å²) in [6, 6.07) is 15.8. The van der Waals surface area contributed by atoms with E-state index in [0.717, 1.165) is 17.7 Å². The topological polar surface area (TPSA) is 35.8 Å². The summed E-state index contributed by atoms with van der Waals surface area (Å²) in [5.74, 6) is 0. The molecule has 0 radical (unpaired) electrons. The van der Waals surface area contributed by atoms with E-state index in [0.29, 0.717) is 17.1 Å². The Balaban J connectivity index is 2.08. The third kappa shape index (κ3) is 3.49. The van der Waals surface area contributed by atoms with Gasteiger partial charge in [-0.05, 0) is 41.8 Å². The van der Waals surface area contributed by atoms with Gasteiger partial charge in [-0.15, -0.1) is 0 Å². The van der Waals surface area contributed by atoms with Crippen molar-refractivity contribution in [2.45, 2.75) is 19.9 Å². The molecule has 3 heteroatoms. The number of nitriles is 1. The summed E-state index contributed by atoms with van der Waals surface area (Å²) < 4.78 is 0. The second-order valence-electron chi connectivity index (χ2n) is 4.33. The van der Waals surface area contributed by atoms with Crippen molar-refractivity contribution >= 4 is 17.3 Å². The zero-order valence-corrected chi connectivity index (χ0v) is 11.5. The van der Waals surface area contributed by atoms with Gasteiger partial charge in [-0.3, -0.25) is 0 Å². The van der Waals surface area contributed by atoms with Crippen molar-refractivity contribution in [3.8, 4) is 6.07 Å². The fourth-order valence-electron chi connectivity index (χ4n) is 1.86. The second kappa shape index (κ2) is 6.26. The van der Waals surface area contributed by atoms with Gasteiger partial charge in [0.15, 0.2) is 0 Å². The van der Waals surface area contributed by atoms with E-state index < -0.39 is 0 Å². The number of halogens is 1. The van der Waals surface area contributed by atoms with Crippen LogP contribution in [0.15, 0.2) is 42.5 Å². The number of nitrogens with zero attached hydrogens (tertiary/aromatic N) is 1. The first-order valence-electron chi connectivity index (χ1n) is 6.24. The standard InChI is InChI=1S/C16H15ClN2/c1-2-12-4-3-5-15(8-12)19-11-14-7-6-13(10-18)9-16(14)17/h3-9,19H,2,11H2,1H3. The number of anilines is 1. The minimum Gasteiger partial charge on any atom is -0.381 e. The first-order chi connectivity index (χ1) is 9.22. The maximum Gasteiger partial charge on any atom is 0.0992 e. The zero-order chi connectivity index (χ0) is 13.7. The summed E-state index contributed by atoms with van der Waals surface area (Å²) in [5, 5.41) is 12.8. The Morgan fingerprint density at radius 3 is 2.74 bits per heavy atom. The molecule has 0 aliphatic carbocycles. The molecule has 19 heavy (non-hydrogen) atoms. The average Bonchev–Trinajstić information content (AvgIpc) is 2.46. The number of rotatable bonds is 4. The minimum absolute atomic E-state index is 0.585. The van der Waals surface area contributed by atoms with E-state index in [4.69, 9.17) is 16.9 Å². The lowest BCUT2D eigenvalue weighted by Crippen LogP contribution is -2.00. The highest BCUT2D eigenvalue weighted by molar-refractivity contribution is 6.31. The Morgan fingerprint density at radius 2 is 2.05 bits per heavy atom. The molecule has 0 bridgehead atoms. The molecule has 2 rings (SSSR count). The van der Waals surface area contributed by atoms with Crippen molar-refractivity contribution in [1.82, 2.24) is 0 Å². The molecule has 0 spiro atoms. The van der Waals surface area contributed by atoms with E-state index in [-0.39, 0.29) is 0 Å². The van der Waals surface area contributed by atoms with E-state index in [2.05, 4.69) is 30.4 Å². The van der Waals surface area contributed by atoms with Crippen LogP contribution >= 0.6 is 11.6 Å². The Labute approximate surface area is 118 Å². The number of aryl methyl sites for hydroxylation is 1. The molecule has 0 atom stereocenters. The van der Waals surface area contributed by atoms with E-state index in [1.807, 2.05) is 18.2 Å². The maximum absolute atomic E-state index is 8.79. The van der Waals surface area contributed by atoms with Gasteiger partial charge in [0, 0.05) is 17.3 Å². The van der Waals surface area contributed by atoms with Crippen LogP contribution in [0.4, 0.5) is 5.69 Å². The SMILES string of the molecule is CCc1cccc(NCc2ccc(C#N)cc2Cl)c1. The third-order valence-corrected chi connectivity index (χ3v) is 3.35. The van der Waals surface area contributed by atoms with E-state index >= 15 is 0 Å². The molecule has 2 aromatic rings. The fraction of sp³-hybridized carbons (Fsp3) is 0.188. The summed E-state index contributed by atoms with van der Waals surface area (Å²) in [5.41, 5.74) is 3.96. The van der Waals surface area contributed by atoms with Crippen molar-refractivity contribution in [3.63, 3.8) is 0 Å². The minimum atomic E-state index is 0.585. The lowest BCUT2D eigenvalue weighted by molar-refractivity contribution is 1.12. The van der Waals surface area contributed by atoms with Crippen LogP contribution in [-0.2, 0) is 13.0 Å². The highest BCUT2D eigenvalue weighted by atomic mass is 35.5. The van der Waals surface area contributed by atoms with Crippen LogP contribution in [0.3, 0.4) is 0 Å². The van der Waals surface area contributed by atoms with Gasteiger partial charge in [-0.2, -0.15) is 5.26 Å². The molecular weight excluding hydrogens is 256 g/mol. The van der Waals surface area contributed by atoms with Crippen molar-refractivity contribution in [3.05, 3.63) is 64.2 Å². The van der Waals surface area contributed by atoms with E-state index in [1.54, 1.807) is 12.1 Å². The Morgan fingerprint density at radius 1 is 1.21 bits per heavy atom. The lowest BCUT2D eigenvalue weighted by atomic mass is 10.1. The normalized spacial score (nSPS) is 9.95. The van der Waals surface area contributed by atoms with Crippen molar-refractivity contribution in [1.29, 1.82) is 5.26 Å². The highest BCUT2D eigenvalue weighted by Crippen LogP contribution is 2.19. The molecule has 96 valence electrons. The maximum atomic E-state index is 8.79. The van der Waals surface area contributed by atoms with Crippen LogP contribution in [0.5, 0.6) is 0 Å². The Kier molecular flexibility index (Phi) is 4.43. The molecule has 1 N–H and O–H groups in total. The van der Waals surface area contributed by atoms with Gasteiger partial charge >= 0.3 is 0 Å². The summed E-state index contributed by atoms with van der Waals surface area (Å²) in [6.45, 7) is 2.79. The van der Waals surface area contributed by atoms with E-state index in [1.165, 1.54) is 5.56 Å². The number of hydrogen-bond donors (Lipinski definition) is 1. The molecule has 0 heterocycles. The summed E-state index contributed by atoms with van der Waals surface area (Å²) >= 11 is 6.14. The number of hydrogen-bond acceptors (Lipinski definition) is 2. The summed E-state index contributed by atoms with van der Waals surface area (Å²) in [6.07, 6.45) is 1.02. The van der Waals surface area contributed by atoms with Gasteiger partial charge in [0.2, 0.25) is 0 Å². The molecule has 0 aromatic heterocycles. The van der Waals surface area contributed by atoms with Gasteiger partial charge in [0.25, 0.3) is 0 Å². The molecule has 0 amide bonds. The largest absolute Gasteiger partial charge is 0.381 e. The van der Waals surface area contributed by atoms with Gasteiger partial charge in [0.1, 0.15) is 0 Å². The molecule has 0 saturated heterocycles. The van der Waals surface area contributed by atoms with Crippen molar-refractivity contribution in [2.24, 2.45) is 0 Å². The van der Waals surface area contributed by atoms with Crippen LogP contribution in [0, 0.1) is 11.3 Å². The first-order valence-corrected chi connectivity index (χ1v) is 6.62. The van der Waals surface area contributed by atoms with Gasteiger partial charge < -0.3 is 5.32 Å². The zero-order valence-electron chi connectivity index (χ0n) is 10.8. The first kappa shape index (κ1) is 13.5.